The van der Waals surface area contributed by atoms with Gasteiger partial charge in [-0.3, -0.25) is 9.59 Å². The molecular weight excluding hydrogens is 306 g/mol. The summed E-state index contributed by atoms with van der Waals surface area (Å²) in [6.45, 7) is 9.52. The quantitative estimate of drug-likeness (QED) is 0.790. The number of rotatable bonds is 4. The normalized spacial score (nSPS) is 18.1. The van der Waals surface area contributed by atoms with Gasteiger partial charge in [0.05, 0.1) is 13.2 Å². The summed E-state index contributed by atoms with van der Waals surface area (Å²) in [6.07, 6.45) is 0.359. The van der Waals surface area contributed by atoms with Crippen LogP contribution in [-0.4, -0.2) is 37.6 Å². The number of hydrogen-bond acceptors (Lipinski definition) is 4. The average Bonchev–Trinajstić information content (AvgIpc) is 2.50. The number of anilines is 2. The third-order valence-corrected chi connectivity index (χ3v) is 3.88. The molecule has 6 heteroatoms. The zero-order chi connectivity index (χ0) is 17.7. The molecule has 132 valence electrons. The Kier molecular flexibility index (Phi) is 5.96. The highest BCUT2D eigenvalue weighted by Gasteiger charge is 2.22. The first-order chi connectivity index (χ1) is 11.3. The van der Waals surface area contributed by atoms with E-state index in [0.29, 0.717) is 31.0 Å². The van der Waals surface area contributed by atoms with Crippen molar-refractivity contribution in [2.45, 2.75) is 40.2 Å². The molecule has 1 heterocycles. The van der Waals surface area contributed by atoms with Crippen molar-refractivity contribution < 1.29 is 14.3 Å². The van der Waals surface area contributed by atoms with Gasteiger partial charge in [0.25, 0.3) is 0 Å². The Morgan fingerprint density at radius 2 is 2.04 bits per heavy atom. The zero-order valence-corrected chi connectivity index (χ0v) is 14.9. The van der Waals surface area contributed by atoms with Crippen LogP contribution in [0.3, 0.4) is 0 Å². The van der Waals surface area contributed by atoms with E-state index in [1.165, 1.54) is 0 Å². The van der Waals surface area contributed by atoms with Crippen molar-refractivity contribution in [3.63, 3.8) is 0 Å². The van der Waals surface area contributed by atoms with Crippen molar-refractivity contribution >= 4 is 23.2 Å². The third kappa shape index (κ3) is 5.32. The van der Waals surface area contributed by atoms with Crippen LogP contribution in [0.2, 0.25) is 0 Å². The summed E-state index contributed by atoms with van der Waals surface area (Å²) in [5, 5.41) is 9.06. The number of nitrogens with one attached hydrogen (secondary N) is 3. The minimum atomic E-state index is -0.474. The highest BCUT2D eigenvalue weighted by atomic mass is 16.5. The third-order valence-electron chi connectivity index (χ3n) is 3.88. The fourth-order valence-electron chi connectivity index (χ4n) is 2.33. The minimum Gasteiger partial charge on any atom is -0.378 e. The van der Waals surface area contributed by atoms with Gasteiger partial charge in [0, 0.05) is 35.8 Å². The summed E-state index contributed by atoms with van der Waals surface area (Å²) < 4.78 is 5.35. The molecule has 1 saturated heterocycles. The van der Waals surface area contributed by atoms with Gasteiger partial charge < -0.3 is 20.7 Å². The molecule has 0 radical (unpaired) electrons. The summed E-state index contributed by atoms with van der Waals surface area (Å²) in [5.74, 6) is -0.132. The molecule has 0 bridgehead atoms. The van der Waals surface area contributed by atoms with Gasteiger partial charge >= 0.3 is 0 Å². The van der Waals surface area contributed by atoms with E-state index >= 15 is 0 Å². The highest BCUT2D eigenvalue weighted by Crippen LogP contribution is 2.23. The van der Waals surface area contributed by atoms with E-state index in [4.69, 9.17) is 4.74 Å². The SMILES string of the molecule is Cc1ccc(NC(=O)CC2COCCN2)cc1NC(=O)C(C)(C)C. The van der Waals surface area contributed by atoms with Crippen LogP contribution in [0.5, 0.6) is 0 Å². The molecule has 1 atom stereocenters. The lowest BCUT2D eigenvalue weighted by Crippen LogP contribution is -2.43. The fraction of sp³-hybridized carbons (Fsp3) is 0.556. The standard InChI is InChI=1S/C18H27N3O3/c1-12-5-6-13(9-15(12)21-17(23)18(2,3)4)20-16(22)10-14-11-24-8-7-19-14/h5-6,9,14,19H,7-8,10-11H2,1-4H3,(H,20,22)(H,21,23). The van der Waals surface area contributed by atoms with Crippen molar-refractivity contribution in [3.05, 3.63) is 23.8 Å². The summed E-state index contributed by atoms with van der Waals surface area (Å²) >= 11 is 0. The Hall–Kier alpha value is -1.92. The Morgan fingerprint density at radius 1 is 1.29 bits per heavy atom. The van der Waals surface area contributed by atoms with Gasteiger partial charge in [0.15, 0.2) is 0 Å². The van der Waals surface area contributed by atoms with E-state index in [1.54, 1.807) is 6.07 Å². The van der Waals surface area contributed by atoms with Crippen LogP contribution in [0.15, 0.2) is 18.2 Å². The number of morpholine rings is 1. The van der Waals surface area contributed by atoms with Crippen LogP contribution in [-0.2, 0) is 14.3 Å². The van der Waals surface area contributed by atoms with E-state index in [1.807, 2.05) is 39.8 Å². The van der Waals surface area contributed by atoms with E-state index in [2.05, 4.69) is 16.0 Å². The zero-order valence-electron chi connectivity index (χ0n) is 14.9. The number of benzene rings is 1. The van der Waals surface area contributed by atoms with Crippen molar-refractivity contribution in [1.82, 2.24) is 5.32 Å². The molecule has 2 rings (SSSR count). The van der Waals surface area contributed by atoms with Crippen LogP contribution >= 0.6 is 0 Å². The molecule has 1 aromatic carbocycles. The highest BCUT2D eigenvalue weighted by molar-refractivity contribution is 5.97. The number of ether oxygens (including phenoxy) is 1. The summed E-state index contributed by atoms with van der Waals surface area (Å²) in [5.41, 5.74) is 1.87. The Labute approximate surface area is 143 Å². The van der Waals surface area contributed by atoms with Gasteiger partial charge in [-0.1, -0.05) is 26.8 Å². The van der Waals surface area contributed by atoms with Crippen molar-refractivity contribution in [2.24, 2.45) is 5.41 Å². The molecule has 3 N–H and O–H groups in total. The number of hydrogen-bond donors (Lipinski definition) is 3. The second-order valence-electron chi connectivity index (χ2n) is 7.21. The van der Waals surface area contributed by atoms with Crippen molar-refractivity contribution in [1.29, 1.82) is 0 Å². The van der Waals surface area contributed by atoms with Crippen LogP contribution in [0.25, 0.3) is 0 Å². The molecule has 1 fully saturated rings. The minimum absolute atomic E-state index is 0.0456. The Balaban J connectivity index is 1.99. The average molecular weight is 333 g/mol. The van der Waals surface area contributed by atoms with Crippen LogP contribution in [0, 0.1) is 12.3 Å². The summed E-state index contributed by atoms with van der Waals surface area (Å²) in [4.78, 5) is 24.3. The number of carbonyl (C=O) groups is 2. The first-order valence-electron chi connectivity index (χ1n) is 8.29. The lowest BCUT2D eigenvalue weighted by molar-refractivity contribution is -0.123. The van der Waals surface area contributed by atoms with E-state index in [-0.39, 0.29) is 17.9 Å². The number of carbonyl (C=O) groups excluding carboxylic acids is 2. The predicted molar refractivity (Wildman–Crippen MR) is 95.1 cm³/mol. The molecule has 6 nitrogen and oxygen atoms in total. The monoisotopic (exact) mass is 333 g/mol. The first-order valence-corrected chi connectivity index (χ1v) is 8.29. The molecule has 0 aliphatic carbocycles. The predicted octanol–water partition coefficient (Wildman–Crippen LogP) is 2.30. The maximum Gasteiger partial charge on any atom is 0.229 e. The number of aryl methyl sites for hydroxylation is 1. The van der Waals surface area contributed by atoms with Crippen LogP contribution in [0.1, 0.15) is 32.8 Å². The first kappa shape index (κ1) is 18.4. The molecular formula is C18H27N3O3. The second kappa shape index (κ2) is 7.77. The lowest BCUT2D eigenvalue weighted by atomic mass is 9.95. The lowest BCUT2D eigenvalue weighted by Gasteiger charge is -2.23. The molecule has 0 saturated carbocycles. The van der Waals surface area contributed by atoms with Gasteiger partial charge in [-0.2, -0.15) is 0 Å². The van der Waals surface area contributed by atoms with Crippen molar-refractivity contribution in [3.8, 4) is 0 Å². The van der Waals surface area contributed by atoms with Crippen LogP contribution < -0.4 is 16.0 Å². The second-order valence-corrected chi connectivity index (χ2v) is 7.21. The smallest absolute Gasteiger partial charge is 0.229 e. The number of amides is 2. The van der Waals surface area contributed by atoms with Crippen molar-refractivity contribution in [2.75, 3.05) is 30.4 Å². The van der Waals surface area contributed by atoms with Gasteiger partial charge in [0.1, 0.15) is 0 Å². The van der Waals surface area contributed by atoms with Gasteiger partial charge in [-0.25, -0.2) is 0 Å². The van der Waals surface area contributed by atoms with Gasteiger partial charge in [0.2, 0.25) is 11.8 Å². The maximum atomic E-state index is 12.2. The van der Waals surface area contributed by atoms with E-state index in [0.717, 1.165) is 12.1 Å². The summed E-state index contributed by atoms with van der Waals surface area (Å²) in [7, 11) is 0. The van der Waals surface area contributed by atoms with Crippen LogP contribution in [0.4, 0.5) is 11.4 Å². The van der Waals surface area contributed by atoms with E-state index < -0.39 is 5.41 Å². The van der Waals surface area contributed by atoms with Gasteiger partial charge in [-0.15, -0.1) is 0 Å². The molecule has 0 aromatic heterocycles. The summed E-state index contributed by atoms with van der Waals surface area (Å²) in [6, 6.07) is 5.56. The van der Waals surface area contributed by atoms with E-state index in [9.17, 15) is 9.59 Å². The Bertz CT molecular complexity index is 602. The maximum absolute atomic E-state index is 12.2. The Morgan fingerprint density at radius 3 is 2.67 bits per heavy atom. The molecule has 1 aromatic rings. The molecule has 2 amide bonds. The fourth-order valence-corrected chi connectivity index (χ4v) is 2.33. The molecule has 1 aliphatic heterocycles. The largest absolute Gasteiger partial charge is 0.378 e. The topological polar surface area (TPSA) is 79.5 Å². The molecule has 0 spiro atoms. The molecule has 24 heavy (non-hydrogen) atoms. The van der Waals surface area contributed by atoms with Gasteiger partial charge in [-0.05, 0) is 24.6 Å². The molecule has 1 aliphatic rings. The molecule has 1 unspecified atom stereocenters.